The summed E-state index contributed by atoms with van der Waals surface area (Å²) in [6, 6.07) is 0.628. The van der Waals surface area contributed by atoms with Crippen LogP contribution in [0.15, 0.2) is 10.9 Å². The fraction of sp³-hybridized carbons (Fsp3) is 0.375. The van der Waals surface area contributed by atoms with Crippen molar-refractivity contribution in [3.8, 4) is 5.75 Å². The van der Waals surface area contributed by atoms with Crippen LogP contribution >= 0.6 is 15.9 Å². The van der Waals surface area contributed by atoms with Crippen LogP contribution in [0.1, 0.15) is 17.7 Å². The topological polar surface area (TPSA) is 42.1 Å². The lowest BCUT2D eigenvalue weighted by molar-refractivity contribution is -0.275. The van der Waals surface area contributed by atoms with E-state index < -0.39 is 29.8 Å². The number of aromatic nitrogens is 1. The number of halogens is 6. The van der Waals surface area contributed by atoms with Gasteiger partial charge in [-0.25, -0.2) is 8.78 Å². The van der Waals surface area contributed by atoms with Gasteiger partial charge >= 0.3 is 6.36 Å². The van der Waals surface area contributed by atoms with Gasteiger partial charge < -0.3 is 9.72 Å². The fourth-order valence-electron chi connectivity index (χ4n) is 1.04. The lowest BCUT2D eigenvalue weighted by Crippen LogP contribution is -2.22. The fourth-order valence-corrected chi connectivity index (χ4v) is 1.45. The molecule has 0 saturated heterocycles. The molecule has 0 bridgehead atoms. The highest BCUT2D eigenvalue weighted by atomic mass is 79.9. The SMILES string of the molecule is O=c1[nH]c(C(F)F)c(OC(F)(F)F)cc1CBr. The molecule has 1 rings (SSSR count). The lowest BCUT2D eigenvalue weighted by Gasteiger charge is -2.13. The second kappa shape index (κ2) is 5.03. The van der Waals surface area contributed by atoms with Gasteiger partial charge in [-0.15, -0.1) is 13.2 Å². The van der Waals surface area contributed by atoms with Gasteiger partial charge in [0.2, 0.25) is 0 Å². The van der Waals surface area contributed by atoms with Gasteiger partial charge in [0.15, 0.2) is 5.75 Å². The second-order valence-corrected chi connectivity index (χ2v) is 3.44. The maximum Gasteiger partial charge on any atom is 0.573 e. The van der Waals surface area contributed by atoms with Gasteiger partial charge in [-0.2, -0.15) is 0 Å². The van der Waals surface area contributed by atoms with Gasteiger partial charge in [-0.1, -0.05) is 15.9 Å². The maximum absolute atomic E-state index is 12.4. The molecule has 0 spiro atoms. The van der Waals surface area contributed by atoms with Crippen molar-refractivity contribution < 1.29 is 26.7 Å². The molecule has 0 aromatic carbocycles. The number of aromatic amines is 1. The first-order chi connectivity index (χ1) is 7.74. The minimum Gasteiger partial charge on any atom is -0.404 e. The first-order valence-electron chi connectivity index (χ1n) is 4.10. The first-order valence-corrected chi connectivity index (χ1v) is 5.22. The molecule has 0 fully saturated rings. The molecule has 1 N–H and O–H groups in total. The Morgan fingerprint density at radius 3 is 2.41 bits per heavy atom. The Hall–Kier alpha value is -1.12. The molecule has 0 aliphatic carbocycles. The summed E-state index contributed by atoms with van der Waals surface area (Å²) >= 11 is 2.84. The van der Waals surface area contributed by atoms with E-state index in [1.165, 1.54) is 0 Å². The Bertz CT molecular complexity index is 456. The second-order valence-electron chi connectivity index (χ2n) is 2.88. The van der Waals surface area contributed by atoms with E-state index in [2.05, 4.69) is 20.7 Å². The Morgan fingerprint density at radius 2 is 2.00 bits per heavy atom. The van der Waals surface area contributed by atoms with E-state index in [4.69, 9.17) is 0 Å². The molecule has 3 nitrogen and oxygen atoms in total. The predicted molar refractivity (Wildman–Crippen MR) is 51.3 cm³/mol. The van der Waals surface area contributed by atoms with E-state index in [-0.39, 0.29) is 10.9 Å². The molecule has 1 aromatic heterocycles. The molecule has 17 heavy (non-hydrogen) atoms. The molecule has 0 atom stereocenters. The number of rotatable bonds is 3. The molecule has 0 radical (unpaired) electrons. The monoisotopic (exact) mass is 321 g/mol. The average molecular weight is 322 g/mol. The molecule has 1 aromatic rings. The van der Waals surface area contributed by atoms with Gasteiger partial charge in [0.25, 0.3) is 12.0 Å². The molecule has 0 aliphatic rings. The largest absolute Gasteiger partial charge is 0.573 e. The van der Waals surface area contributed by atoms with E-state index in [1.54, 1.807) is 4.98 Å². The van der Waals surface area contributed by atoms with Crippen LogP contribution in [0, 0.1) is 0 Å². The number of pyridine rings is 1. The van der Waals surface area contributed by atoms with E-state index in [0.29, 0.717) is 6.07 Å². The van der Waals surface area contributed by atoms with Crippen LogP contribution < -0.4 is 10.3 Å². The predicted octanol–water partition coefficient (Wildman–Crippen LogP) is 3.11. The number of hydrogen-bond donors (Lipinski definition) is 1. The smallest absolute Gasteiger partial charge is 0.404 e. The zero-order chi connectivity index (χ0) is 13.2. The van der Waals surface area contributed by atoms with Gasteiger partial charge in [-0.3, -0.25) is 4.79 Å². The highest BCUT2D eigenvalue weighted by Gasteiger charge is 2.34. The summed E-state index contributed by atoms with van der Waals surface area (Å²) in [7, 11) is 0. The zero-order valence-electron chi connectivity index (χ0n) is 7.95. The van der Waals surface area contributed by atoms with Crippen molar-refractivity contribution in [2.45, 2.75) is 18.1 Å². The van der Waals surface area contributed by atoms with Crippen molar-refractivity contribution >= 4 is 15.9 Å². The summed E-state index contributed by atoms with van der Waals surface area (Å²) in [5.41, 5.74) is -2.24. The Balaban J connectivity index is 3.29. The van der Waals surface area contributed by atoms with E-state index in [9.17, 15) is 26.7 Å². The Labute approximate surface area is 99.7 Å². The van der Waals surface area contributed by atoms with Crippen LogP contribution in [0.2, 0.25) is 0 Å². The van der Waals surface area contributed by atoms with Crippen LogP contribution in [-0.2, 0) is 5.33 Å². The van der Waals surface area contributed by atoms with Crippen LogP contribution in [0.5, 0.6) is 5.75 Å². The molecule has 0 amide bonds. The third-order valence-electron chi connectivity index (χ3n) is 1.70. The minimum atomic E-state index is -5.11. The van der Waals surface area contributed by atoms with Crippen LogP contribution in [0.25, 0.3) is 0 Å². The summed E-state index contributed by atoms with van der Waals surface area (Å²) < 4.78 is 64.0. The standard InChI is InChI=1S/C8H5BrF5NO2/c9-2-3-1-4(17-8(12,13)14)5(6(10)11)15-7(3)16/h1,6H,2H2,(H,15,16). The first kappa shape index (κ1) is 13.9. The van der Waals surface area contributed by atoms with E-state index in [1.807, 2.05) is 0 Å². The van der Waals surface area contributed by atoms with E-state index >= 15 is 0 Å². The maximum atomic E-state index is 12.4. The van der Waals surface area contributed by atoms with Crippen molar-refractivity contribution in [1.29, 1.82) is 0 Å². The third kappa shape index (κ3) is 3.69. The Morgan fingerprint density at radius 1 is 1.41 bits per heavy atom. The van der Waals surface area contributed by atoms with Crippen molar-refractivity contribution in [2.24, 2.45) is 0 Å². The molecule has 0 saturated carbocycles. The number of alkyl halides is 6. The van der Waals surface area contributed by atoms with Crippen LogP contribution in [0.4, 0.5) is 22.0 Å². The summed E-state index contributed by atoms with van der Waals surface area (Å²) in [6.07, 6.45) is -8.38. The quantitative estimate of drug-likeness (QED) is 0.686. The number of hydrogen-bond acceptors (Lipinski definition) is 2. The van der Waals surface area contributed by atoms with Crippen LogP contribution in [-0.4, -0.2) is 11.3 Å². The lowest BCUT2D eigenvalue weighted by atomic mass is 10.2. The molecule has 9 heteroatoms. The average Bonchev–Trinajstić information content (AvgIpc) is 2.17. The molecule has 1 heterocycles. The molecule has 0 unspecified atom stereocenters. The van der Waals surface area contributed by atoms with Gasteiger partial charge in [0, 0.05) is 10.9 Å². The Kier molecular flexibility index (Phi) is 4.12. The third-order valence-corrected chi connectivity index (χ3v) is 2.30. The number of nitrogens with one attached hydrogen (secondary N) is 1. The molecule has 0 aliphatic heterocycles. The molecular weight excluding hydrogens is 317 g/mol. The van der Waals surface area contributed by atoms with Crippen molar-refractivity contribution in [2.75, 3.05) is 0 Å². The zero-order valence-corrected chi connectivity index (χ0v) is 9.53. The number of ether oxygens (including phenoxy) is 1. The minimum absolute atomic E-state index is 0.0833. The summed E-state index contributed by atoms with van der Waals surface area (Å²) in [4.78, 5) is 12.8. The summed E-state index contributed by atoms with van der Waals surface area (Å²) in [5, 5.41) is -0.0833. The van der Waals surface area contributed by atoms with Gasteiger partial charge in [-0.05, 0) is 6.07 Å². The van der Waals surface area contributed by atoms with Crippen molar-refractivity contribution in [3.63, 3.8) is 0 Å². The normalized spacial score (nSPS) is 11.9. The van der Waals surface area contributed by atoms with Crippen molar-refractivity contribution in [3.05, 3.63) is 27.7 Å². The summed E-state index contributed by atoms with van der Waals surface area (Å²) in [6.45, 7) is 0. The molecule has 96 valence electrons. The van der Waals surface area contributed by atoms with E-state index in [0.717, 1.165) is 0 Å². The highest BCUT2D eigenvalue weighted by molar-refractivity contribution is 9.08. The van der Waals surface area contributed by atoms with Gasteiger partial charge in [0.05, 0.1) is 0 Å². The number of H-pyrrole nitrogens is 1. The highest BCUT2D eigenvalue weighted by Crippen LogP contribution is 2.31. The van der Waals surface area contributed by atoms with Crippen molar-refractivity contribution in [1.82, 2.24) is 4.98 Å². The van der Waals surface area contributed by atoms with Crippen LogP contribution in [0.3, 0.4) is 0 Å². The summed E-state index contributed by atoms with van der Waals surface area (Å²) in [5.74, 6) is -1.11. The van der Waals surface area contributed by atoms with Gasteiger partial charge in [0.1, 0.15) is 5.69 Å². The molecular formula is C8H5BrF5NO2.